The summed E-state index contributed by atoms with van der Waals surface area (Å²) in [5, 5.41) is 0. The van der Waals surface area contributed by atoms with Crippen molar-refractivity contribution in [1.29, 1.82) is 0 Å². The van der Waals surface area contributed by atoms with Gasteiger partial charge < -0.3 is 0 Å². The summed E-state index contributed by atoms with van der Waals surface area (Å²) in [4.78, 5) is 12.5. The minimum atomic E-state index is 0.119. The zero-order chi connectivity index (χ0) is 10.1. The summed E-state index contributed by atoms with van der Waals surface area (Å²) in [6.45, 7) is 7.71. The molecule has 0 saturated heterocycles. The molecule has 0 aromatic heterocycles. The Kier molecular flexibility index (Phi) is 8.62. The van der Waals surface area contributed by atoms with Crippen molar-refractivity contribution in [2.45, 2.75) is 26.7 Å². The van der Waals surface area contributed by atoms with Crippen LogP contribution < -0.4 is 0 Å². The van der Waals surface area contributed by atoms with Gasteiger partial charge in [-0.2, -0.15) is 0 Å². The summed E-state index contributed by atoms with van der Waals surface area (Å²) in [6.07, 6.45) is 4.11. The van der Waals surface area contributed by atoms with E-state index >= 15 is 0 Å². The third-order valence-corrected chi connectivity index (χ3v) is 4.44. The Bertz CT molecular complexity index is 199. The standard InChI is InChI=1S/C10H16OSSe/c1-4-5-7-12-10(3)13-8-6-9(2)11/h6,8H,3-5,7H2,1-2H3/b8-6-. The van der Waals surface area contributed by atoms with Gasteiger partial charge in [0.25, 0.3) is 0 Å². The van der Waals surface area contributed by atoms with Gasteiger partial charge in [0.05, 0.1) is 0 Å². The molecule has 0 unspecified atom stereocenters. The first-order chi connectivity index (χ1) is 6.16. The second-order valence-electron chi connectivity index (χ2n) is 2.61. The summed E-state index contributed by atoms with van der Waals surface area (Å²) in [5.41, 5.74) is 0. The number of rotatable bonds is 7. The Morgan fingerprint density at radius 2 is 2.31 bits per heavy atom. The van der Waals surface area contributed by atoms with Gasteiger partial charge in [-0.1, -0.05) is 0 Å². The van der Waals surface area contributed by atoms with Crippen LogP contribution in [0.15, 0.2) is 21.4 Å². The molecular formula is C10H16OSSe. The van der Waals surface area contributed by atoms with Crippen molar-refractivity contribution >= 4 is 32.5 Å². The Labute approximate surface area is 91.2 Å². The first-order valence-corrected chi connectivity index (χ1v) is 7.15. The minimum absolute atomic E-state index is 0.119. The van der Waals surface area contributed by atoms with Gasteiger partial charge in [0.1, 0.15) is 0 Å². The van der Waals surface area contributed by atoms with E-state index < -0.39 is 0 Å². The molecule has 0 spiro atoms. The van der Waals surface area contributed by atoms with E-state index in [-0.39, 0.29) is 20.7 Å². The van der Waals surface area contributed by atoms with Gasteiger partial charge >= 0.3 is 91.2 Å². The van der Waals surface area contributed by atoms with Crippen LogP contribution in [0.3, 0.4) is 0 Å². The van der Waals surface area contributed by atoms with Crippen LogP contribution in [0.1, 0.15) is 26.7 Å². The molecule has 0 heterocycles. The normalized spacial score (nSPS) is 10.6. The first-order valence-electron chi connectivity index (χ1n) is 4.32. The van der Waals surface area contributed by atoms with Gasteiger partial charge in [0, 0.05) is 0 Å². The molecule has 74 valence electrons. The summed E-state index contributed by atoms with van der Waals surface area (Å²) < 4.78 is 1.21. The van der Waals surface area contributed by atoms with Crippen molar-refractivity contribution in [2.75, 3.05) is 5.75 Å². The zero-order valence-corrected chi connectivity index (χ0v) is 10.7. The number of hydrogen-bond donors (Lipinski definition) is 0. The van der Waals surface area contributed by atoms with Crippen LogP contribution in [0.4, 0.5) is 0 Å². The van der Waals surface area contributed by atoms with Crippen molar-refractivity contribution in [3.8, 4) is 0 Å². The second-order valence-corrected chi connectivity index (χ2v) is 6.48. The van der Waals surface area contributed by atoms with E-state index in [0.29, 0.717) is 0 Å². The molecular weight excluding hydrogens is 247 g/mol. The number of unbranched alkanes of at least 4 members (excludes halogenated alkanes) is 1. The second kappa shape index (κ2) is 8.61. The van der Waals surface area contributed by atoms with Gasteiger partial charge in [-0.25, -0.2) is 0 Å². The van der Waals surface area contributed by atoms with Crippen LogP contribution in [0, 0.1) is 0 Å². The number of thioether (sulfide) groups is 1. The molecule has 0 aliphatic rings. The van der Waals surface area contributed by atoms with Gasteiger partial charge in [0.15, 0.2) is 0 Å². The average Bonchev–Trinajstić information content (AvgIpc) is 2.04. The molecule has 1 nitrogen and oxygen atoms in total. The summed E-state index contributed by atoms with van der Waals surface area (Å²) in [6, 6.07) is 0. The zero-order valence-electron chi connectivity index (χ0n) is 8.21. The predicted molar refractivity (Wildman–Crippen MR) is 62.1 cm³/mol. The van der Waals surface area contributed by atoms with Gasteiger partial charge in [-0.3, -0.25) is 0 Å². The topological polar surface area (TPSA) is 17.1 Å². The Hall–Kier alpha value is 0.0195. The average molecular weight is 263 g/mol. The van der Waals surface area contributed by atoms with E-state index in [9.17, 15) is 4.79 Å². The Morgan fingerprint density at radius 1 is 1.62 bits per heavy atom. The molecule has 0 radical (unpaired) electrons. The van der Waals surface area contributed by atoms with Crippen molar-refractivity contribution in [2.24, 2.45) is 0 Å². The van der Waals surface area contributed by atoms with E-state index in [2.05, 4.69) is 13.5 Å². The van der Waals surface area contributed by atoms with E-state index in [1.165, 1.54) is 16.6 Å². The maximum atomic E-state index is 10.6. The Balaban J connectivity index is 3.46. The quantitative estimate of drug-likeness (QED) is 0.399. The molecule has 0 fully saturated rings. The molecule has 0 aromatic rings. The van der Waals surface area contributed by atoms with Gasteiger partial charge in [-0.05, 0) is 0 Å². The van der Waals surface area contributed by atoms with Crippen LogP contribution in [0.5, 0.6) is 0 Å². The van der Waals surface area contributed by atoms with E-state index in [0.717, 1.165) is 5.75 Å². The number of hydrogen-bond acceptors (Lipinski definition) is 2. The molecule has 0 saturated carbocycles. The number of carbonyl (C=O) groups is 1. The maximum absolute atomic E-state index is 10.6. The first kappa shape index (κ1) is 13.0. The molecule has 0 amide bonds. The fourth-order valence-corrected chi connectivity index (χ4v) is 3.40. The summed E-state index contributed by atoms with van der Waals surface area (Å²) in [5.74, 6) is 1.28. The number of ketones is 1. The van der Waals surface area contributed by atoms with Gasteiger partial charge in [-0.15, -0.1) is 0 Å². The molecule has 0 bridgehead atoms. The molecule has 0 atom stereocenters. The van der Waals surface area contributed by atoms with E-state index in [1.807, 2.05) is 16.7 Å². The summed E-state index contributed by atoms with van der Waals surface area (Å²) >= 11 is 2.11. The SMILES string of the molecule is C=C(SCCCC)[Se]/C=C\C(C)=O. The fourth-order valence-electron chi connectivity index (χ4n) is 0.570. The molecule has 0 rings (SSSR count). The third kappa shape index (κ3) is 9.94. The van der Waals surface area contributed by atoms with E-state index in [1.54, 1.807) is 13.0 Å². The monoisotopic (exact) mass is 264 g/mol. The molecule has 3 heteroatoms. The van der Waals surface area contributed by atoms with E-state index in [4.69, 9.17) is 0 Å². The van der Waals surface area contributed by atoms with Crippen LogP contribution >= 0.6 is 11.8 Å². The molecule has 13 heavy (non-hydrogen) atoms. The van der Waals surface area contributed by atoms with Gasteiger partial charge in [0.2, 0.25) is 0 Å². The molecule has 0 aliphatic heterocycles. The van der Waals surface area contributed by atoms with Crippen LogP contribution in [0.25, 0.3) is 0 Å². The number of allylic oxidation sites excluding steroid dienone is 1. The van der Waals surface area contributed by atoms with Crippen molar-refractivity contribution in [3.05, 3.63) is 21.4 Å². The summed E-state index contributed by atoms with van der Waals surface area (Å²) in [7, 11) is 0. The van der Waals surface area contributed by atoms with Crippen molar-refractivity contribution in [3.63, 3.8) is 0 Å². The molecule has 0 aliphatic carbocycles. The number of carbonyl (C=O) groups excluding carboxylic acids is 1. The molecule has 0 N–H and O–H groups in total. The van der Waals surface area contributed by atoms with Crippen LogP contribution in [-0.4, -0.2) is 26.5 Å². The van der Waals surface area contributed by atoms with Crippen molar-refractivity contribution < 1.29 is 4.79 Å². The van der Waals surface area contributed by atoms with Crippen molar-refractivity contribution in [1.82, 2.24) is 0 Å². The Morgan fingerprint density at radius 3 is 2.85 bits per heavy atom. The van der Waals surface area contributed by atoms with Crippen LogP contribution in [0.2, 0.25) is 0 Å². The molecule has 0 aromatic carbocycles. The third-order valence-electron chi connectivity index (χ3n) is 1.26. The fraction of sp³-hybridized carbons (Fsp3) is 0.500. The van der Waals surface area contributed by atoms with Crippen LogP contribution in [-0.2, 0) is 4.79 Å². The predicted octanol–water partition coefficient (Wildman–Crippen LogP) is 2.80.